The minimum atomic E-state index is -1.18. The average Bonchev–Trinajstić information content (AvgIpc) is 0.796. The molecule has 0 atom stereocenters. The summed E-state index contributed by atoms with van der Waals surface area (Å²) in [4.78, 5) is 238. The highest BCUT2D eigenvalue weighted by molar-refractivity contribution is 6.06. The molecule has 38 nitrogen and oxygen atoms in total. The van der Waals surface area contributed by atoms with Crippen LogP contribution in [0.25, 0.3) is 0 Å². The van der Waals surface area contributed by atoms with E-state index in [0.29, 0.717) is 56.2 Å². The van der Waals surface area contributed by atoms with E-state index in [1.54, 1.807) is 182 Å². The van der Waals surface area contributed by atoms with E-state index in [1.807, 2.05) is 0 Å². The number of hydrogen-bond donors (Lipinski definition) is 6. The van der Waals surface area contributed by atoms with E-state index in [0.717, 1.165) is 131 Å². The Bertz CT molecular complexity index is 5290. The van der Waals surface area contributed by atoms with Crippen molar-refractivity contribution in [1.29, 1.82) is 0 Å². The number of anilines is 6. The van der Waals surface area contributed by atoms with Crippen LogP contribution in [0.15, 0.2) is 237 Å². The van der Waals surface area contributed by atoms with Crippen molar-refractivity contribution in [3.63, 3.8) is 0 Å². The number of nitrogens with one attached hydrogen (secondary N) is 6. The van der Waals surface area contributed by atoms with Crippen molar-refractivity contribution in [2.75, 3.05) is 82.4 Å². The van der Waals surface area contributed by atoms with Crippen LogP contribution in [0, 0.1) is 0 Å². The van der Waals surface area contributed by atoms with E-state index < -0.39 is 140 Å². The molecular formula is C103H118N16O22. The van der Waals surface area contributed by atoms with Crippen LogP contribution in [-0.2, 0) is 102 Å². The zero-order chi connectivity index (χ0) is 101. The molecule has 0 radical (unpaired) electrons. The molecular weight excluding hydrogens is 1810 g/mol. The zero-order valence-corrected chi connectivity index (χ0v) is 79.9. The number of amides is 16. The van der Waals surface area contributed by atoms with Crippen LogP contribution < -0.4 is 62.6 Å². The van der Waals surface area contributed by atoms with Gasteiger partial charge in [-0.1, -0.05) is 253 Å². The molecule has 9 aromatic carbocycles. The summed E-state index contributed by atoms with van der Waals surface area (Å²) in [6, 6.07) is 61.9. The fourth-order valence-electron chi connectivity index (χ4n) is 14.9. The van der Waals surface area contributed by atoms with Crippen LogP contribution in [0.4, 0.5) is 62.9 Å². The molecule has 9 aromatic rings. The smallest absolute Gasteiger partial charge is 0.426 e. The minimum Gasteiger partial charge on any atom is -0.443 e. The van der Waals surface area contributed by atoms with E-state index >= 15 is 19.2 Å². The van der Waals surface area contributed by atoms with Crippen LogP contribution in [0.2, 0.25) is 0 Å². The van der Waals surface area contributed by atoms with Crippen LogP contribution in [0.5, 0.6) is 0 Å². The molecule has 1 fully saturated rings. The molecule has 10 rings (SSSR count). The van der Waals surface area contributed by atoms with Gasteiger partial charge in [0, 0.05) is 117 Å². The van der Waals surface area contributed by atoms with Crippen LogP contribution in [0.3, 0.4) is 0 Å². The Labute approximate surface area is 817 Å². The summed E-state index contributed by atoms with van der Waals surface area (Å²) < 4.78 is 33.3. The Hall–Kier alpha value is -16.7. The molecule has 16 amide bonds. The maximum Gasteiger partial charge on any atom is 0.426 e. The number of nitrogens with zero attached hydrogens (tertiary/aromatic N) is 10. The van der Waals surface area contributed by atoms with Crippen molar-refractivity contribution in [3.05, 3.63) is 287 Å². The standard InChI is InChI=1S/C103H118N16O22/c1-8-9-10-11-12-13-14-15-16-17-36-49-94(126)110-50-52-111(95(127)85-58-88(114(73(2)120)104-98(130)136-67-79-37-24-18-25-38-79)64-89(59-85)115(74(3)121)105-99(131)137-68-80-39-26-19-27-40-80)54-56-113(97(129)87-62-92(118(77(6)124)108-102(134)140-71-83-45-32-22-33-46-83)66-93(63-87)119(78(7)125)109-103(135)141-72-84-47-34-23-35-48-84)57-55-112(53-51-110)96(128)86-60-90(116(75(4)122)106-100(132)138-69-81-41-28-20-29-42-81)65-91(61-86)117(76(5)123)107-101(133)139-70-82-43-30-21-31-44-82/h18-35,37-48,58-66H,8-17,36,49-57,67-72H2,1-7H3,(H,104,130)(H,105,131)(H,106,132)(H,107,133)(H,108,134)(H,109,135). The van der Waals surface area contributed by atoms with Gasteiger partial charge < -0.3 is 48.0 Å². The first-order valence-electron chi connectivity index (χ1n) is 46.3. The molecule has 0 spiro atoms. The molecule has 0 bridgehead atoms. The Kier molecular flexibility index (Phi) is 41.4. The second-order valence-corrected chi connectivity index (χ2v) is 32.9. The number of carbonyl (C=O) groups is 16. The highest BCUT2D eigenvalue weighted by Gasteiger charge is 2.34. The first kappa shape index (κ1) is 106. The van der Waals surface area contributed by atoms with E-state index in [9.17, 15) is 57.5 Å². The van der Waals surface area contributed by atoms with Crippen LogP contribution >= 0.6 is 0 Å². The van der Waals surface area contributed by atoms with Crippen LogP contribution in [-0.4, -0.2) is 168 Å². The molecule has 38 heteroatoms. The van der Waals surface area contributed by atoms with Gasteiger partial charge in [0.25, 0.3) is 17.7 Å². The topological polar surface area (TPSA) is 433 Å². The molecule has 0 saturated carbocycles. The maximum absolute atomic E-state index is 16.7. The van der Waals surface area contributed by atoms with Gasteiger partial charge in [-0.05, 0) is 94.4 Å². The fourth-order valence-corrected chi connectivity index (χ4v) is 14.9. The Balaban J connectivity index is 1.13. The van der Waals surface area contributed by atoms with Gasteiger partial charge in [0.2, 0.25) is 41.4 Å². The number of hydrogen-bond acceptors (Lipinski definition) is 22. The first-order valence-corrected chi connectivity index (χ1v) is 46.3. The lowest BCUT2D eigenvalue weighted by Gasteiger charge is -2.35. The number of carbonyl (C=O) groups excluding carboxylic acids is 16. The highest BCUT2D eigenvalue weighted by atomic mass is 16.6. The van der Waals surface area contributed by atoms with Crippen molar-refractivity contribution in [2.45, 2.75) is 165 Å². The number of hydrazine groups is 6. The minimum absolute atomic E-state index is 0.0391. The summed E-state index contributed by atoms with van der Waals surface area (Å²) in [7, 11) is 0. The monoisotopic (exact) mass is 1930 g/mol. The second-order valence-electron chi connectivity index (χ2n) is 32.9. The predicted octanol–water partition coefficient (Wildman–Crippen LogP) is 15.1. The van der Waals surface area contributed by atoms with Gasteiger partial charge in [-0.2, -0.15) is 0 Å². The fraction of sp³-hybridized carbons (Fsp3) is 0.320. The Morgan fingerprint density at radius 3 is 0.582 bits per heavy atom. The normalized spacial score (nSPS) is 11.9. The summed E-state index contributed by atoms with van der Waals surface area (Å²) >= 11 is 0. The zero-order valence-electron chi connectivity index (χ0n) is 79.9. The summed E-state index contributed by atoms with van der Waals surface area (Å²) in [5.41, 5.74) is 14.8. The molecule has 1 heterocycles. The van der Waals surface area contributed by atoms with Crippen molar-refractivity contribution in [1.82, 2.24) is 52.2 Å². The van der Waals surface area contributed by atoms with E-state index in [-0.39, 0.29) is 104 Å². The molecule has 0 unspecified atom stereocenters. The summed E-state index contributed by atoms with van der Waals surface area (Å²) in [6.45, 7) is 3.05. The van der Waals surface area contributed by atoms with Gasteiger partial charge in [-0.3, -0.25) is 47.9 Å². The number of ether oxygens (including phenoxy) is 6. The molecule has 0 aromatic heterocycles. The van der Waals surface area contributed by atoms with E-state index in [2.05, 4.69) is 39.5 Å². The molecule has 1 aliphatic rings. The molecule has 141 heavy (non-hydrogen) atoms. The largest absolute Gasteiger partial charge is 0.443 e. The Morgan fingerprint density at radius 1 is 0.234 bits per heavy atom. The predicted molar refractivity (Wildman–Crippen MR) is 522 cm³/mol. The van der Waals surface area contributed by atoms with Crippen molar-refractivity contribution in [3.8, 4) is 0 Å². The lowest BCUT2D eigenvalue weighted by atomic mass is 10.1. The lowest BCUT2D eigenvalue weighted by molar-refractivity contribution is -0.132. The first-order chi connectivity index (χ1) is 68.0. The average molecular weight is 1930 g/mol. The summed E-state index contributed by atoms with van der Waals surface area (Å²) in [6.07, 6.45) is 3.44. The lowest BCUT2D eigenvalue weighted by Crippen LogP contribution is -2.51. The molecule has 1 saturated heterocycles. The molecule has 1 aliphatic heterocycles. The maximum atomic E-state index is 16.7. The van der Waals surface area contributed by atoms with Crippen molar-refractivity contribution in [2.24, 2.45) is 0 Å². The second kappa shape index (κ2) is 54.9. The van der Waals surface area contributed by atoms with Crippen LogP contribution in [0.1, 0.15) is 190 Å². The van der Waals surface area contributed by atoms with Gasteiger partial charge in [-0.25, -0.2) is 91.4 Å². The van der Waals surface area contributed by atoms with E-state index in [1.165, 1.54) is 62.1 Å². The number of unbranched alkanes of at least 4 members (excludes halogenated alkanes) is 10. The molecule has 6 N–H and O–H groups in total. The highest BCUT2D eigenvalue weighted by Crippen LogP contribution is 2.32. The van der Waals surface area contributed by atoms with Gasteiger partial charge >= 0.3 is 36.6 Å². The quantitative estimate of drug-likeness (QED) is 0.0126. The molecule has 742 valence electrons. The van der Waals surface area contributed by atoms with Gasteiger partial charge in [0.05, 0.1) is 34.1 Å². The number of benzene rings is 9. The number of rotatable bonds is 33. The summed E-state index contributed by atoms with van der Waals surface area (Å²) in [5.74, 6) is -8.64. The van der Waals surface area contributed by atoms with Gasteiger partial charge in [-0.15, -0.1) is 0 Å². The van der Waals surface area contributed by atoms with Gasteiger partial charge in [0.15, 0.2) is 0 Å². The third-order valence-corrected chi connectivity index (χ3v) is 22.1. The SMILES string of the molecule is CCCCCCCCCCCCCC(=O)N1CCN(C(=O)c2cc(N(NC(=O)OCc3ccccc3)C(C)=O)cc(N(NC(=O)OCc3ccccc3)C(C)=O)c2)CCN(C(=O)c2cc(N(NC(=O)OCc3ccccc3)C(C)=O)cc(N(NC(=O)OCc3ccccc3)C(C)=O)c2)CCN(C(=O)c2cc(N(NC(=O)OCc3ccccc3)C(C)=O)cc(N(NC(=O)OCc3ccccc3)C(C)=O)c2)CC1. The van der Waals surface area contributed by atoms with Crippen molar-refractivity contribution < 1.29 is 105 Å². The third-order valence-electron chi connectivity index (χ3n) is 22.1. The third kappa shape index (κ3) is 34.2. The molecule has 0 aliphatic carbocycles. The van der Waals surface area contributed by atoms with E-state index in [4.69, 9.17) is 28.4 Å². The Morgan fingerprint density at radius 2 is 0.404 bits per heavy atom. The summed E-state index contributed by atoms with van der Waals surface area (Å²) in [5, 5.41) is 4.31. The van der Waals surface area contributed by atoms with Gasteiger partial charge in [0.1, 0.15) is 39.6 Å². The van der Waals surface area contributed by atoms with Crippen molar-refractivity contribution >= 4 is 130 Å².